The number of hydrogen-bond donors (Lipinski definition) is 2. The molecule has 0 aliphatic heterocycles. The predicted molar refractivity (Wildman–Crippen MR) is 74.6 cm³/mol. The highest BCUT2D eigenvalue weighted by Gasteiger charge is 2.15. The number of furan rings is 1. The highest BCUT2D eigenvalue weighted by molar-refractivity contribution is 5.96. The average molecular weight is 289 g/mol. The first-order valence-electron chi connectivity index (χ1n) is 6.26. The van der Waals surface area contributed by atoms with Crippen molar-refractivity contribution in [3.8, 4) is 5.75 Å². The number of benzene rings is 1. The zero-order valence-electron chi connectivity index (χ0n) is 11.7. The van der Waals surface area contributed by atoms with Gasteiger partial charge in [0.05, 0.1) is 19.2 Å². The van der Waals surface area contributed by atoms with Crippen molar-refractivity contribution in [3.63, 3.8) is 0 Å². The summed E-state index contributed by atoms with van der Waals surface area (Å²) in [6.07, 6.45) is 0. The van der Waals surface area contributed by atoms with Crippen molar-refractivity contribution in [2.24, 2.45) is 0 Å². The number of hydrogen-bond acceptors (Lipinski definition) is 4. The summed E-state index contributed by atoms with van der Waals surface area (Å²) < 4.78 is 10.4. The van der Waals surface area contributed by atoms with Crippen LogP contribution >= 0.6 is 0 Å². The van der Waals surface area contributed by atoms with E-state index in [0.717, 1.165) is 0 Å². The van der Waals surface area contributed by atoms with Crippen molar-refractivity contribution >= 4 is 11.9 Å². The number of carboxylic acid groups (broad SMARTS) is 1. The molecule has 0 spiro atoms. The molecule has 0 bridgehead atoms. The smallest absolute Gasteiger partial charge is 0.339 e. The number of rotatable bonds is 5. The van der Waals surface area contributed by atoms with Gasteiger partial charge in [0.15, 0.2) is 0 Å². The normalized spacial score (nSPS) is 10.2. The third-order valence-electron chi connectivity index (χ3n) is 2.97. The van der Waals surface area contributed by atoms with E-state index in [-0.39, 0.29) is 18.0 Å². The lowest BCUT2D eigenvalue weighted by atomic mass is 10.2. The third-order valence-corrected chi connectivity index (χ3v) is 2.97. The second-order valence-corrected chi connectivity index (χ2v) is 4.37. The van der Waals surface area contributed by atoms with Crippen LogP contribution in [0.15, 0.2) is 34.7 Å². The largest absolute Gasteiger partial charge is 0.496 e. The van der Waals surface area contributed by atoms with Gasteiger partial charge >= 0.3 is 5.97 Å². The number of aromatic carboxylic acids is 1. The van der Waals surface area contributed by atoms with Gasteiger partial charge in [-0.2, -0.15) is 0 Å². The predicted octanol–water partition coefficient (Wildman–Crippen LogP) is 2.22. The van der Waals surface area contributed by atoms with Gasteiger partial charge in [-0.3, -0.25) is 4.79 Å². The molecule has 21 heavy (non-hydrogen) atoms. The van der Waals surface area contributed by atoms with Gasteiger partial charge in [-0.1, -0.05) is 12.1 Å². The molecule has 1 amide bonds. The van der Waals surface area contributed by atoms with Crippen molar-refractivity contribution in [2.75, 3.05) is 7.11 Å². The molecule has 2 aromatic rings. The summed E-state index contributed by atoms with van der Waals surface area (Å²) in [5.74, 6) is -0.217. The molecular weight excluding hydrogens is 274 g/mol. The van der Waals surface area contributed by atoms with Crippen molar-refractivity contribution in [2.45, 2.75) is 13.5 Å². The monoisotopic (exact) mass is 289 g/mol. The van der Waals surface area contributed by atoms with Crippen LogP contribution < -0.4 is 10.1 Å². The number of ether oxygens (including phenoxy) is 1. The molecule has 1 heterocycles. The van der Waals surface area contributed by atoms with E-state index >= 15 is 0 Å². The molecule has 0 saturated heterocycles. The molecule has 0 fully saturated rings. The van der Waals surface area contributed by atoms with Crippen LogP contribution in [-0.2, 0) is 6.54 Å². The molecular formula is C15H15NO5. The van der Waals surface area contributed by atoms with E-state index in [1.54, 1.807) is 31.2 Å². The molecule has 0 unspecified atom stereocenters. The lowest BCUT2D eigenvalue weighted by Gasteiger charge is -2.07. The van der Waals surface area contributed by atoms with E-state index in [1.807, 2.05) is 0 Å². The maximum absolute atomic E-state index is 12.1. The van der Waals surface area contributed by atoms with Crippen molar-refractivity contribution in [1.82, 2.24) is 5.32 Å². The Kier molecular flexibility index (Phi) is 4.27. The molecule has 1 aromatic carbocycles. The quantitative estimate of drug-likeness (QED) is 0.881. The Bertz CT molecular complexity index is 674. The summed E-state index contributed by atoms with van der Waals surface area (Å²) in [6.45, 7) is 1.67. The van der Waals surface area contributed by atoms with Crippen LogP contribution in [0.25, 0.3) is 0 Å². The number of aryl methyl sites for hydroxylation is 1. The number of methoxy groups -OCH3 is 1. The standard InChI is InChI=1S/C15H15NO5/c1-9-12(15(18)19)7-10(21-9)8-16-14(17)11-5-3-4-6-13(11)20-2/h3-7H,8H2,1-2H3,(H,16,17)(H,18,19). The van der Waals surface area contributed by atoms with Gasteiger partial charge in [-0.25, -0.2) is 4.79 Å². The first-order valence-corrected chi connectivity index (χ1v) is 6.26. The minimum atomic E-state index is -1.06. The van der Waals surface area contributed by atoms with Crippen LogP contribution in [-0.4, -0.2) is 24.1 Å². The Morgan fingerprint density at radius 3 is 2.62 bits per heavy atom. The Hall–Kier alpha value is -2.76. The van der Waals surface area contributed by atoms with Crippen LogP contribution in [0.2, 0.25) is 0 Å². The number of para-hydroxylation sites is 1. The van der Waals surface area contributed by atoms with Gasteiger partial charge < -0.3 is 19.6 Å². The van der Waals surface area contributed by atoms with Gasteiger partial charge in [0.25, 0.3) is 5.91 Å². The van der Waals surface area contributed by atoms with E-state index < -0.39 is 5.97 Å². The fourth-order valence-electron chi connectivity index (χ4n) is 1.94. The summed E-state index contributed by atoms with van der Waals surface area (Å²) in [5.41, 5.74) is 0.498. The molecule has 6 heteroatoms. The molecule has 6 nitrogen and oxygen atoms in total. The summed E-state index contributed by atoms with van der Waals surface area (Å²) in [6, 6.07) is 8.24. The lowest BCUT2D eigenvalue weighted by molar-refractivity contribution is 0.0694. The Morgan fingerprint density at radius 2 is 2.00 bits per heavy atom. The first kappa shape index (κ1) is 14.6. The minimum absolute atomic E-state index is 0.0940. The van der Waals surface area contributed by atoms with E-state index in [4.69, 9.17) is 14.3 Å². The van der Waals surface area contributed by atoms with Gasteiger partial charge in [0.1, 0.15) is 22.8 Å². The number of carbonyl (C=O) groups excluding carboxylic acids is 1. The molecule has 2 N–H and O–H groups in total. The van der Waals surface area contributed by atoms with E-state index in [1.165, 1.54) is 13.2 Å². The van der Waals surface area contributed by atoms with E-state index in [0.29, 0.717) is 22.8 Å². The summed E-state index contributed by atoms with van der Waals surface area (Å²) in [7, 11) is 1.49. The zero-order chi connectivity index (χ0) is 15.4. The van der Waals surface area contributed by atoms with Crippen LogP contribution in [0.1, 0.15) is 32.2 Å². The van der Waals surface area contributed by atoms with Gasteiger partial charge in [0, 0.05) is 0 Å². The number of nitrogens with one attached hydrogen (secondary N) is 1. The topological polar surface area (TPSA) is 88.8 Å². The number of amides is 1. The average Bonchev–Trinajstić information content (AvgIpc) is 2.86. The Labute approximate surface area is 121 Å². The Balaban J connectivity index is 2.07. The van der Waals surface area contributed by atoms with Crippen LogP contribution in [0.5, 0.6) is 5.75 Å². The molecule has 0 atom stereocenters. The highest BCUT2D eigenvalue weighted by atomic mass is 16.5. The SMILES string of the molecule is COc1ccccc1C(=O)NCc1cc(C(=O)O)c(C)o1. The maximum Gasteiger partial charge on any atom is 0.339 e. The lowest BCUT2D eigenvalue weighted by Crippen LogP contribution is -2.23. The summed E-state index contributed by atoms with van der Waals surface area (Å²) in [5, 5.41) is 11.6. The van der Waals surface area contributed by atoms with Crippen molar-refractivity contribution in [1.29, 1.82) is 0 Å². The summed E-state index contributed by atoms with van der Waals surface area (Å²) in [4.78, 5) is 23.0. The van der Waals surface area contributed by atoms with Gasteiger partial charge in [-0.15, -0.1) is 0 Å². The van der Waals surface area contributed by atoms with Crippen LogP contribution in [0.4, 0.5) is 0 Å². The molecule has 1 aromatic heterocycles. The number of carbonyl (C=O) groups is 2. The van der Waals surface area contributed by atoms with Crippen LogP contribution in [0.3, 0.4) is 0 Å². The fraction of sp³-hybridized carbons (Fsp3) is 0.200. The fourth-order valence-corrected chi connectivity index (χ4v) is 1.94. The highest BCUT2D eigenvalue weighted by Crippen LogP contribution is 2.18. The molecule has 0 radical (unpaired) electrons. The first-order chi connectivity index (χ1) is 10.0. The molecule has 0 aliphatic carbocycles. The van der Waals surface area contributed by atoms with Crippen LogP contribution in [0, 0.1) is 6.92 Å². The molecule has 2 rings (SSSR count). The van der Waals surface area contributed by atoms with Crippen molar-refractivity contribution < 1.29 is 23.8 Å². The zero-order valence-corrected chi connectivity index (χ0v) is 11.7. The van der Waals surface area contributed by atoms with Gasteiger partial charge in [-0.05, 0) is 25.1 Å². The number of carboxylic acids is 1. The van der Waals surface area contributed by atoms with Crippen molar-refractivity contribution in [3.05, 3.63) is 53.0 Å². The maximum atomic E-state index is 12.1. The minimum Gasteiger partial charge on any atom is -0.496 e. The van der Waals surface area contributed by atoms with E-state index in [9.17, 15) is 9.59 Å². The van der Waals surface area contributed by atoms with E-state index in [2.05, 4.69) is 5.32 Å². The van der Waals surface area contributed by atoms with Gasteiger partial charge in [0.2, 0.25) is 0 Å². The third kappa shape index (κ3) is 3.22. The molecule has 0 saturated carbocycles. The second-order valence-electron chi connectivity index (χ2n) is 4.37. The molecule has 110 valence electrons. The molecule has 0 aliphatic rings. The second kappa shape index (κ2) is 6.13. The summed E-state index contributed by atoms with van der Waals surface area (Å²) >= 11 is 0. The Morgan fingerprint density at radius 1 is 1.29 bits per heavy atom.